The summed E-state index contributed by atoms with van der Waals surface area (Å²) in [5.41, 5.74) is 5.92. The zero-order chi connectivity index (χ0) is 11.2. The average molecular weight is 218 g/mol. The van der Waals surface area contributed by atoms with Gasteiger partial charge in [0.25, 0.3) is 0 Å². The third-order valence-electron chi connectivity index (χ3n) is 3.35. The van der Waals surface area contributed by atoms with Crippen molar-refractivity contribution in [3.05, 3.63) is 30.0 Å². The summed E-state index contributed by atoms with van der Waals surface area (Å²) < 4.78 is 7.95. The first kappa shape index (κ1) is 9.81. The van der Waals surface area contributed by atoms with E-state index in [1.165, 1.54) is 11.1 Å². The van der Waals surface area contributed by atoms with Crippen molar-refractivity contribution in [2.24, 2.45) is 0 Å². The molecule has 1 aromatic carbocycles. The number of hydrogen-bond acceptors (Lipinski definition) is 2. The highest BCUT2D eigenvalue weighted by molar-refractivity contribution is 5.82. The summed E-state index contributed by atoms with van der Waals surface area (Å²) >= 11 is 0. The van der Waals surface area contributed by atoms with Gasteiger partial charge in [-0.2, -0.15) is 5.10 Å². The van der Waals surface area contributed by atoms with Crippen molar-refractivity contribution in [3.8, 4) is 0 Å². The lowest BCUT2D eigenvalue weighted by molar-refractivity contribution is -0.406. The van der Waals surface area contributed by atoms with Crippen LogP contribution in [0.3, 0.4) is 0 Å². The predicted octanol–water partition coefficient (Wildman–Crippen LogP) is 0.524. The molecule has 1 atom stereocenters. The number of hydrogen-bond donors (Lipinski definition) is 1. The van der Waals surface area contributed by atoms with Crippen LogP contribution in [0.4, 0.5) is 0 Å². The lowest BCUT2D eigenvalue weighted by Gasteiger charge is -2.31. The molecular weight excluding hydrogens is 202 g/mol. The fraction of sp³-hybridized carbons (Fsp3) is 0.417. The topological polar surface area (TPSA) is 54.7 Å². The van der Waals surface area contributed by atoms with E-state index < -0.39 is 0 Å². The second-order valence-corrected chi connectivity index (χ2v) is 4.42. The van der Waals surface area contributed by atoms with Crippen LogP contribution < -0.4 is 5.73 Å². The number of nitrogens with zero attached hydrogens (tertiary/aromatic N) is 2. The van der Waals surface area contributed by atoms with Gasteiger partial charge in [-0.15, -0.1) is 0 Å². The zero-order valence-corrected chi connectivity index (χ0v) is 9.44. The number of quaternary nitrogens is 1. The Bertz CT molecular complexity index is 534. The van der Waals surface area contributed by atoms with Gasteiger partial charge in [-0.1, -0.05) is 18.2 Å². The minimum absolute atomic E-state index is 0.297. The van der Waals surface area contributed by atoms with Crippen LogP contribution in [0.5, 0.6) is 0 Å². The van der Waals surface area contributed by atoms with Crippen LogP contribution in [0.1, 0.15) is 12.6 Å². The number of ether oxygens (including phenoxy) is 1. The lowest BCUT2D eigenvalue weighted by Crippen LogP contribution is -2.61. The molecule has 0 bridgehead atoms. The summed E-state index contributed by atoms with van der Waals surface area (Å²) in [5.74, 6) is 0. The smallest absolute Gasteiger partial charge is 0.156 e. The van der Waals surface area contributed by atoms with E-state index in [2.05, 4.69) is 28.5 Å². The largest absolute Gasteiger partial charge is 0.361 e. The first-order chi connectivity index (χ1) is 7.74. The van der Waals surface area contributed by atoms with Gasteiger partial charge < -0.3 is 10.5 Å². The molecule has 2 heterocycles. The number of aromatic nitrogens is 2. The van der Waals surface area contributed by atoms with Gasteiger partial charge in [-0.25, -0.2) is 0 Å². The molecule has 4 heteroatoms. The first-order valence-corrected chi connectivity index (χ1v) is 5.64. The molecule has 1 aliphatic heterocycles. The molecule has 3 rings (SSSR count). The number of benzene rings is 1. The van der Waals surface area contributed by atoms with E-state index in [4.69, 9.17) is 4.74 Å². The molecule has 0 saturated carbocycles. The minimum Gasteiger partial charge on any atom is -0.361 e. The van der Waals surface area contributed by atoms with Crippen molar-refractivity contribution in [2.45, 2.75) is 19.1 Å². The second kappa shape index (κ2) is 3.30. The third kappa shape index (κ3) is 1.20. The van der Waals surface area contributed by atoms with Crippen molar-refractivity contribution in [3.63, 3.8) is 0 Å². The highest BCUT2D eigenvalue weighted by Crippen LogP contribution is 2.33. The maximum Gasteiger partial charge on any atom is 0.156 e. The van der Waals surface area contributed by atoms with E-state index in [-0.39, 0.29) is 5.60 Å². The van der Waals surface area contributed by atoms with Gasteiger partial charge in [-0.05, 0) is 13.0 Å². The molecule has 16 heavy (non-hydrogen) atoms. The summed E-state index contributed by atoms with van der Waals surface area (Å²) in [6, 6.07) is 8.22. The van der Waals surface area contributed by atoms with Gasteiger partial charge >= 0.3 is 0 Å². The highest BCUT2D eigenvalue weighted by atomic mass is 16.5. The van der Waals surface area contributed by atoms with E-state index in [0.717, 1.165) is 18.6 Å². The van der Waals surface area contributed by atoms with E-state index in [1.807, 2.05) is 18.2 Å². The Kier molecular flexibility index (Phi) is 2.02. The van der Waals surface area contributed by atoms with Gasteiger partial charge in [-0.3, -0.25) is 4.68 Å². The molecule has 0 amide bonds. The summed E-state index contributed by atoms with van der Waals surface area (Å²) in [6.45, 7) is 4.37. The third-order valence-corrected chi connectivity index (χ3v) is 3.35. The fourth-order valence-electron chi connectivity index (χ4n) is 2.42. The molecule has 0 saturated heterocycles. The predicted molar refractivity (Wildman–Crippen MR) is 60.8 cm³/mol. The maximum atomic E-state index is 5.88. The normalized spacial score (nSPS) is 24.6. The van der Waals surface area contributed by atoms with Crippen molar-refractivity contribution < 1.29 is 10.5 Å². The van der Waals surface area contributed by atoms with Gasteiger partial charge in [0.15, 0.2) is 5.60 Å². The van der Waals surface area contributed by atoms with Crippen LogP contribution >= 0.6 is 0 Å². The Labute approximate surface area is 94.0 Å². The Morgan fingerprint density at radius 2 is 2.31 bits per heavy atom. The van der Waals surface area contributed by atoms with Crippen LogP contribution in [0, 0.1) is 0 Å². The molecule has 1 unspecified atom stereocenters. The van der Waals surface area contributed by atoms with Crippen molar-refractivity contribution >= 4 is 10.9 Å². The van der Waals surface area contributed by atoms with Gasteiger partial charge in [0.2, 0.25) is 0 Å². The van der Waals surface area contributed by atoms with E-state index >= 15 is 0 Å². The molecule has 0 fully saturated rings. The van der Waals surface area contributed by atoms with Gasteiger partial charge in [0.1, 0.15) is 6.54 Å². The van der Waals surface area contributed by atoms with Crippen LogP contribution in [0.25, 0.3) is 10.9 Å². The van der Waals surface area contributed by atoms with Crippen molar-refractivity contribution in [2.75, 3.05) is 13.2 Å². The van der Waals surface area contributed by atoms with Crippen molar-refractivity contribution in [1.29, 1.82) is 0 Å². The Morgan fingerprint density at radius 3 is 3.12 bits per heavy atom. The van der Waals surface area contributed by atoms with Crippen LogP contribution in [0.2, 0.25) is 0 Å². The van der Waals surface area contributed by atoms with Crippen LogP contribution in [0.15, 0.2) is 24.3 Å². The van der Waals surface area contributed by atoms with E-state index in [9.17, 15) is 0 Å². The highest BCUT2D eigenvalue weighted by Gasteiger charge is 2.37. The molecule has 0 radical (unpaired) electrons. The second-order valence-electron chi connectivity index (χ2n) is 4.42. The van der Waals surface area contributed by atoms with Crippen molar-refractivity contribution in [1.82, 2.24) is 9.78 Å². The summed E-state index contributed by atoms with van der Waals surface area (Å²) in [4.78, 5) is 0. The Morgan fingerprint density at radius 1 is 1.50 bits per heavy atom. The molecule has 84 valence electrons. The quantitative estimate of drug-likeness (QED) is 0.759. The fourth-order valence-corrected chi connectivity index (χ4v) is 2.42. The Balaban J connectivity index is 2.32. The first-order valence-electron chi connectivity index (χ1n) is 5.64. The zero-order valence-electron chi connectivity index (χ0n) is 9.44. The molecular formula is C12H16N3O+. The maximum absolute atomic E-state index is 5.88. The minimum atomic E-state index is -0.297. The molecule has 1 aliphatic rings. The Hall–Kier alpha value is -1.39. The van der Waals surface area contributed by atoms with E-state index in [1.54, 1.807) is 0 Å². The molecule has 1 aromatic heterocycles. The number of fused-ring (bicyclic) bond motifs is 3. The average Bonchev–Trinajstić information content (AvgIpc) is 2.69. The molecule has 4 nitrogen and oxygen atoms in total. The van der Waals surface area contributed by atoms with Crippen LogP contribution in [-0.2, 0) is 16.9 Å². The summed E-state index contributed by atoms with van der Waals surface area (Å²) in [7, 11) is 0. The van der Waals surface area contributed by atoms with Gasteiger partial charge in [0.05, 0.1) is 24.4 Å². The summed E-state index contributed by atoms with van der Waals surface area (Å²) in [5, 5.41) is 5.79. The monoisotopic (exact) mass is 218 g/mol. The SMILES string of the molecule is CC1(C[NH3+])OCCn2nc3ccccc3c21. The summed E-state index contributed by atoms with van der Waals surface area (Å²) in [6.07, 6.45) is 0. The van der Waals surface area contributed by atoms with Crippen LogP contribution in [-0.4, -0.2) is 22.9 Å². The van der Waals surface area contributed by atoms with Gasteiger partial charge in [0, 0.05) is 5.39 Å². The van der Waals surface area contributed by atoms with E-state index in [0.29, 0.717) is 6.61 Å². The molecule has 3 N–H and O–H groups in total. The standard InChI is InChI=1S/C12H15N3O/c1-12(8-13)11-9-4-2-3-5-10(9)14-15(11)6-7-16-12/h2-5H,6-8,13H2,1H3/p+1. The lowest BCUT2D eigenvalue weighted by atomic mass is 9.97. The molecule has 0 aliphatic carbocycles. The molecule has 2 aromatic rings. The number of rotatable bonds is 1. The molecule has 0 spiro atoms.